The van der Waals surface area contributed by atoms with Crippen LogP contribution in [0.5, 0.6) is 34.5 Å². The number of phenols is 1. The van der Waals surface area contributed by atoms with Gasteiger partial charge < -0.3 is 58.7 Å². The van der Waals surface area contributed by atoms with Crippen LogP contribution < -0.4 is 42.5 Å². The van der Waals surface area contributed by atoms with Gasteiger partial charge in [0.25, 0.3) is 0 Å². The molecule has 1 fully saturated rings. The number of aliphatic carboxylic acids is 1. The zero-order valence-corrected chi connectivity index (χ0v) is 57.2. The van der Waals surface area contributed by atoms with Crippen molar-refractivity contribution in [3.05, 3.63) is 176 Å². The first-order valence-corrected chi connectivity index (χ1v) is 32.0. The topological polar surface area (TPSA) is 216 Å². The number of hydrogen-bond acceptors (Lipinski definition) is 14. The molecule has 6 aromatic rings. The standard InChI is InChI=1S/C24H28F2O4.C22H24F2O4.C12H14F2O3.C12H16O2.C4H8O.Li.H2O/c1-5-28-23(27)15(2)11-16-12-19(25)22(20(26)13-16)29-14-18-8-6-7-17-9-10-24(3,4)30-21(17)18;1-13(21(25)26)9-14-10-17(23)20(18(24)11-14)27-12-16-6-4-5-15-7-8-22(2,3)28-19(15)16;1-3-17-12(16)7(2)4-8-5-9(13)11(15)10(14)6-8;1-12(2)7-6-9-4-3-5-10(8-13)11(9)14-12;1-2-4-5-3-1;;/h6-8,12-13,15H,5,9-11,14H2,1-4H3;4-6,10-11,13H,7-9,12H2,1-3H3,(H,25,26);5-7,15H,3-4H2,1-2H3;3-5,13H,6-8H2,1-2H3;1-4H2;;1H2/q;;;;;+1;/p-1. The van der Waals surface area contributed by atoms with Gasteiger partial charge >= 0.3 is 36.8 Å². The Balaban J connectivity index is 0.000000273. The van der Waals surface area contributed by atoms with Gasteiger partial charge in [0.15, 0.2) is 52.2 Å². The number of rotatable bonds is 18. The number of halogens is 6. The molecule has 0 spiro atoms. The minimum atomic E-state index is -1.03. The number of para-hydroxylation sites is 3. The van der Waals surface area contributed by atoms with Crippen molar-refractivity contribution in [1.82, 2.24) is 0 Å². The second kappa shape index (κ2) is 37.4. The number of esters is 2. The fraction of sp³-hybridized carbons (Fsp3) is 0.473. The minimum absolute atomic E-state index is 0. The molecule has 0 aromatic heterocycles. The number of aryl methyl sites for hydroxylation is 3. The van der Waals surface area contributed by atoms with Crippen molar-refractivity contribution in [2.45, 2.75) is 183 Å². The summed E-state index contributed by atoms with van der Waals surface area (Å²) < 4.78 is 128. The van der Waals surface area contributed by atoms with Gasteiger partial charge in [0, 0.05) is 29.9 Å². The van der Waals surface area contributed by atoms with Crippen LogP contribution in [-0.2, 0) is 86.9 Å². The first kappa shape index (κ1) is 81.0. The van der Waals surface area contributed by atoms with E-state index in [2.05, 4.69) is 19.9 Å². The molecule has 3 atom stereocenters. The van der Waals surface area contributed by atoms with Gasteiger partial charge in [0.05, 0.1) is 37.6 Å². The Bertz CT molecular complexity index is 3450. The zero-order chi connectivity index (χ0) is 69.1. The molecular formula is C74H91F6LiO15. The maximum absolute atomic E-state index is 14.6. The molecule has 0 amide bonds. The molecule has 1 saturated heterocycles. The number of aliphatic hydroxyl groups is 1. The number of phenolic OH excluding ortho intramolecular Hbond substituents is 1. The SMILES string of the molecule is C1CCOC1.CC(Cc1cc(F)c(OCc2cccc3c2OC(C)(C)CC3)c(F)c1)C(=O)O.CC1(C)CCc2cccc(CO)c2O1.CCOC(=O)C(C)Cc1cc(F)c(O)c(F)c1.CCOC(=O)C(C)Cc1cc(F)c(OCc2cccc3c2OC(C)(C)CC3)c(F)c1.[Li+].[OH-]. The average molecular weight is 1340 g/mol. The van der Waals surface area contributed by atoms with Crippen molar-refractivity contribution >= 4 is 17.9 Å². The Morgan fingerprint density at radius 2 is 0.823 bits per heavy atom. The van der Waals surface area contributed by atoms with Crippen LogP contribution in [0.4, 0.5) is 26.3 Å². The van der Waals surface area contributed by atoms with Crippen LogP contribution in [-0.4, -0.2) is 81.9 Å². The molecule has 0 aliphatic carbocycles. The van der Waals surface area contributed by atoms with Crippen molar-refractivity contribution in [3.8, 4) is 34.5 Å². The number of carboxylic acid groups (broad SMARTS) is 1. The second-order valence-corrected chi connectivity index (χ2v) is 25.7. The molecule has 6 aromatic carbocycles. The van der Waals surface area contributed by atoms with Crippen molar-refractivity contribution in [1.29, 1.82) is 0 Å². The molecule has 22 heteroatoms. The number of carboxylic acids is 1. The van der Waals surface area contributed by atoms with Gasteiger partial charge in [-0.15, -0.1) is 0 Å². The Kier molecular flexibility index (Phi) is 31.5. The average Bonchev–Trinajstić information content (AvgIpc) is 0.841. The quantitative estimate of drug-likeness (QED) is 0.0414. The fourth-order valence-electron chi connectivity index (χ4n) is 10.7. The van der Waals surface area contributed by atoms with Crippen LogP contribution in [0, 0.1) is 52.7 Å². The molecule has 4 aliphatic rings. The molecule has 520 valence electrons. The summed E-state index contributed by atoms with van der Waals surface area (Å²) in [6, 6.07) is 24.0. The van der Waals surface area contributed by atoms with Gasteiger partial charge in [0.2, 0.25) is 0 Å². The minimum Gasteiger partial charge on any atom is -0.870 e. The van der Waals surface area contributed by atoms with Gasteiger partial charge in [-0.3, -0.25) is 14.4 Å². The molecule has 96 heavy (non-hydrogen) atoms. The summed E-state index contributed by atoms with van der Waals surface area (Å²) in [7, 11) is 0. The fourth-order valence-corrected chi connectivity index (χ4v) is 10.7. The summed E-state index contributed by atoms with van der Waals surface area (Å²) in [6.07, 6.45) is 8.56. The third-order valence-electron chi connectivity index (χ3n) is 16.0. The van der Waals surface area contributed by atoms with E-state index in [-0.39, 0.29) is 99.0 Å². The van der Waals surface area contributed by atoms with Gasteiger partial charge in [0.1, 0.15) is 47.3 Å². The summed E-state index contributed by atoms with van der Waals surface area (Å²) in [5, 5.41) is 27.1. The maximum atomic E-state index is 14.6. The zero-order valence-electron chi connectivity index (χ0n) is 57.2. The Labute approximate surface area is 571 Å². The van der Waals surface area contributed by atoms with Crippen molar-refractivity contribution in [2.75, 3.05) is 26.4 Å². The Morgan fingerprint density at radius 1 is 0.510 bits per heavy atom. The van der Waals surface area contributed by atoms with Crippen LogP contribution in [0.15, 0.2) is 91.0 Å². The van der Waals surface area contributed by atoms with E-state index in [1.165, 1.54) is 37.5 Å². The van der Waals surface area contributed by atoms with E-state index in [1.54, 1.807) is 27.7 Å². The third kappa shape index (κ3) is 24.0. The Hall–Kier alpha value is -7.41. The maximum Gasteiger partial charge on any atom is 1.00 e. The Morgan fingerprint density at radius 3 is 1.12 bits per heavy atom. The number of aromatic hydroxyl groups is 1. The van der Waals surface area contributed by atoms with Gasteiger partial charge in [-0.05, 0) is 196 Å². The predicted octanol–water partition coefficient (Wildman–Crippen LogP) is 12.6. The van der Waals surface area contributed by atoms with Crippen LogP contribution in [0.25, 0.3) is 0 Å². The number of hydrogen-bond donors (Lipinski definition) is 3. The molecule has 3 unspecified atom stereocenters. The molecule has 4 aliphatic heterocycles. The normalized spacial score (nSPS) is 15.7. The van der Waals surface area contributed by atoms with E-state index in [1.807, 2.05) is 76.2 Å². The van der Waals surface area contributed by atoms with Crippen LogP contribution in [0.2, 0.25) is 0 Å². The molecule has 4 N–H and O–H groups in total. The number of aliphatic hydroxyl groups excluding tert-OH is 1. The second-order valence-electron chi connectivity index (χ2n) is 25.7. The van der Waals surface area contributed by atoms with Crippen LogP contribution in [0.1, 0.15) is 158 Å². The van der Waals surface area contributed by atoms with Gasteiger partial charge in [-0.2, -0.15) is 0 Å². The summed E-state index contributed by atoms with van der Waals surface area (Å²) in [6.45, 7) is 22.9. The summed E-state index contributed by atoms with van der Waals surface area (Å²) in [5.41, 5.74) is 5.98. The van der Waals surface area contributed by atoms with E-state index < -0.39 is 87.8 Å². The molecule has 0 bridgehead atoms. The van der Waals surface area contributed by atoms with Crippen molar-refractivity contribution in [2.24, 2.45) is 17.8 Å². The van der Waals surface area contributed by atoms with Crippen molar-refractivity contribution in [3.63, 3.8) is 0 Å². The first-order chi connectivity index (χ1) is 44.4. The molecule has 15 nitrogen and oxygen atoms in total. The summed E-state index contributed by atoms with van der Waals surface area (Å²) in [5.74, 6) is -8.47. The van der Waals surface area contributed by atoms with Crippen LogP contribution >= 0.6 is 0 Å². The van der Waals surface area contributed by atoms with Gasteiger partial charge in [-0.25, -0.2) is 26.3 Å². The predicted molar refractivity (Wildman–Crippen MR) is 345 cm³/mol. The van der Waals surface area contributed by atoms with Gasteiger partial charge in [-0.1, -0.05) is 75.4 Å². The number of carbonyl (C=O) groups excluding carboxylic acids is 2. The van der Waals surface area contributed by atoms with E-state index >= 15 is 0 Å². The molecule has 4 heterocycles. The van der Waals surface area contributed by atoms with E-state index in [0.717, 1.165) is 115 Å². The van der Waals surface area contributed by atoms with E-state index in [4.69, 9.17) is 48.1 Å². The van der Waals surface area contributed by atoms with Crippen molar-refractivity contribution < 1.29 is 118 Å². The van der Waals surface area contributed by atoms with Crippen LogP contribution in [0.3, 0.4) is 0 Å². The summed E-state index contributed by atoms with van der Waals surface area (Å²) in [4.78, 5) is 34.0. The smallest absolute Gasteiger partial charge is 0.870 e. The number of fused-ring (bicyclic) bond motifs is 3. The summed E-state index contributed by atoms with van der Waals surface area (Å²) >= 11 is 0. The van der Waals surface area contributed by atoms with E-state index in [9.17, 15) is 45.8 Å². The molecular weight excluding hydrogens is 1250 g/mol. The molecule has 0 saturated carbocycles. The largest absolute Gasteiger partial charge is 1.00 e. The third-order valence-corrected chi connectivity index (χ3v) is 16.0. The molecule has 10 rings (SSSR count). The number of carbonyl (C=O) groups is 3. The first-order valence-electron chi connectivity index (χ1n) is 32.0. The number of benzene rings is 6. The van der Waals surface area contributed by atoms with E-state index in [0.29, 0.717) is 16.9 Å². The monoisotopic (exact) mass is 1340 g/mol. The number of ether oxygens (including phenoxy) is 8. The molecule has 0 radical (unpaired) electrons.